The fourth-order valence-corrected chi connectivity index (χ4v) is 3.14. The lowest BCUT2D eigenvalue weighted by Gasteiger charge is -2.13. The highest BCUT2D eigenvalue weighted by Crippen LogP contribution is 2.31. The zero-order valence-electron chi connectivity index (χ0n) is 16.9. The SMILES string of the molecule is COc1ccc(CCC(=O)Nc2ccc(OC)c(OCc3cccnc3)c2)cc1Cl. The van der Waals surface area contributed by atoms with Crippen molar-refractivity contribution in [3.63, 3.8) is 0 Å². The van der Waals surface area contributed by atoms with Crippen molar-refractivity contribution in [2.45, 2.75) is 19.4 Å². The molecule has 156 valence electrons. The summed E-state index contributed by atoms with van der Waals surface area (Å²) in [6.45, 7) is 0.347. The zero-order valence-corrected chi connectivity index (χ0v) is 17.6. The minimum absolute atomic E-state index is 0.106. The van der Waals surface area contributed by atoms with Gasteiger partial charge < -0.3 is 19.5 Å². The normalized spacial score (nSPS) is 10.4. The van der Waals surface area contributed by atoms with E-state index in [1.165, 1.54) is 0 Å². The number of anilines is 1. The van der Waals surface area contributed by atoms with Gasteiger partial charge in [-0.25, -0.2) is 0 Å². The number of carbonyl (C=O) groups excluding carboxylic acids is 1. The predicted molar refractivity (Wildman–Crippen MR) is 117 cm³/mol. The molecule has 3 aromatic rings. The summed E-state index contributed by atoms with van der Waals surface area (Å²) in [5.41, 5.74) is 2.54. The van der Waals surface area contributed by atoms with Crippen LogP contribution in [0.5, 0.6) is 17.2 Å². The van der Waals surface area contributed by atoms with Gasteiger partial charge >= 0.3 is 0 Å². The molecule has 0 bridgehead atoms. The molecular formula is C23H23ClN2O4. The maximum Gasteiger partial charge on any atom is 0.224 e. The van der Waals surface area contributed by atoms with Crippen LogP contribution in [0.3, 0.4) is 0 Å². The van der Waals surface area contributed by atoms with Gasteiger partial charge in [-0.2, -0.15) is 0 Å². The van der Waals surface area contributed by atoms with Crippen molar-refractivity contribution in [1.29, 1.82) is 0 Å². The molecule has 1 heterocycles. The number of halogens is 1. The summed E-state index contributed by atoms with van der Waals surface area (Å²) in [7, 11) is 3.14. The second kappa shape index (κ2) is 10.5. The molecule has 6 nitrogen and oxygen atoms in total. The Kier molecular flexibility index (Phi) is 7.51. The topological polar surface area (TPSA) is 69.7 Å². The van der Waals surface area contributed by atoms with Crippen molar-refractivity contribution in [1.82, 2.24) is 4.98 Å². The van der Waals surface area contributed by atoms with Gasteiger partial charge in [-0.1, -0.05) is 23.7 Å². The largest absolute Gasteiger partial charge is 0.495 e. The van der Waals surface area contributed by atoms with E-state index in [-0.39, 0.29) is 5.91 Å². The molecule has 30 heavy (non-hydrogen) atoms. The first-order valence-electron chi connectivity index (χ1n) is 9.41. The summed E-state index contributed by atoms with van der Waals surface area (Å²) in [6.07, 6.45) is 4.33. The number of hydrogen-bond acceptors (Lipinski definition) is 5. The number of methoxy groups -OCH3 is 2. The van der Waals surface area contributed by atoms with E-state index in [9.17, 15) is 4.79 Å². The van der Waals surface area contributed by atoms with E-state index in [1.54, 1.807) is 50.9 Å². The van der Waals surface area contributed by atoms with Gasteiger partial charge in [-0.05, 0) is 42.3 Å². The summed E-state index contributed by atoms with van der Waals surface area (Å²) >= 11 is 6.14. The third-order valence-electron chi connectivity index (χ3n) is 4.42. The number of benzene rings is 2. The van der Waals surface area contributed by atoms with Gasteiger partial charge in [0.1, 0.15) is 12.4 Å². The second-order valence-electron chi connectivity index (χ2n) is 6.53. The molecule has 0 saturated carbocycles. The van der Waals surface area contributed by atoms with Crippen LogP contribution in [0.2, 0.25) is 5.02 Å². The van der Waals surface area contributed by atoms with Gasteiger partial charge in [0, 0.05) is 36.1 Å². The Bertz CT molecular complexity index is 996. The molecule has 1 amide bonds. The molecule has 0 saturated heterocycles. The minimum Gasteiger partial charge on any atom is -0.495 e. The number of aryl methyl sites for hydroxylation is 1. The maximum absolute atomic E-state index is 12.4. The molecule has 0 atom stereocenters. The number of amides is 1. The van der Waals surface area contributed by atoms with Crippen LogP contribution in [0, 0.1) is 0 Å². The fourth-order valence-electron chi connectivity index (χ4n) is 2.86. The smallest absolute Gasteiger partial charge is 0.224 e. The number of nitrogens with one attached hydrogen (secondary N) is 1. The Balaban J connectivity index is 1.60. The first-order valence-corrected chi connectivity index (χ1v) is 9.79. The van der Waals surface area contributed by atoms with Gasteiger partial charge in [-0.3, -0.25) is 9.78 Å². The Hall–Kier alpha value is -3.25. The molecule has 0 aliphatic rings. The summed E-state index contributed by atoms with van der Waals surface area (Å²) < 4.78 is 16.4. The molecular weight excluding hydrogens is 404 g/mol. The summed E-state index contributed by atoms with van der Waals surface area (Å²) in [5, 5.41) is 3.42. The molecule has 1 aromatic heterocycles. The number of ether oxygens (including phenoxy) is 3. The maximum atomic E-state index is 12.4. The Morgan fingerprint density at radius 3 is 2.50 bits per heavy atom. The molecule has 2 aromatic carbocycles. The predicted octanol–water partition coefficient (Wildman–Crippen LogP) is 4.90. The third-order valence-corrected chi connectivity index (χ3v) is 4.72. The lowest BCUT2D eigenvalue weighted by Crippen LogP contribution is -2.12. The van der Waals surface area contributed by atoms with Crippen molar-refractivity contribution >= 4 is 23.2 Å². The third kappa shape index (κ3) is 5.87. The molecule has 1 N–H and O–H groups in total. The fraction of sp³-hybridized carbons (Fsp3) is 0.217. The van der Waals surface area contributed by atoms with E-state index in [0.717, 1.165) is 11.1 Å². The Morgan fingerprint density at radius 2 is 1.80 bits per heavy atom. The summed E-state index contributed by atoms with van der Waals surface area (Å²) in [5.74, 6) is 1.64. The van der Waals surface area contributed by atoms with Gasteiger partial charge in [-0.15, -0.1) is 0 Å². The van der Waals surface area contributed by atoms with Crippen LogP contribution >= 0.6 is 11.6 Å². The Labute approximate surface area is 180 Å². The average Bonchev–Trinajstić information content (AvgIpc) is 2.77. The van der Waals surface area contributed by atoms with E-state index in [4.69, 9.17) is 25.8 Å². The molecule has 0 fully saturated rings. The van der Waals surface area contributed by atoms with Crippen LogP contribution in [-0.2, 0) is 17.8 Å². The van der Waals surface area contributed by atoms with Crippen LogP contribution < -0.4 is 19.5 Å². The minimum atomic E-state index is -0.106. The van der Waals surface area contributed by atoms with Crippen LogP contribution in [0.1, 0.15) is 17.5 Å². The molecule has 0 aliphatic heterocycles. The molecule has 0 radical (unpaired) electrons. The molecule has 0 aliphatic carbocycles. The number of pyridine rings is 1. The highest BCUT2D eigenvalue weighted by molar-refractivity contribution is 6.32. The highest BCUT2D eigenvalue weighted by Gasteiger charge is 2.10. The molecule has 0 spiro atoms. The number of aromatic nitrogens is 1. The van der Waals surface area contributed by atoms with E-state index >= 15 is 0 Å². The lowest BCUT2D eigenvalue weighted by molar-refractivity contribution is -0.116. The highest BCUT2D eigenvalue weighted by atomic mass is 35.5. The standard InChI is InChI=1S/C23H23ClN2O4/c1-28-20-8-5-16(12-19(20)24)6-10-23(27)26-18-7-9-21(29-2)22(13-18)30-15-17-4-3-11-25-14-17/h3-5,7-9,11-14H,6,10,15H2,1-2H3,(H,26,27). The van der Waals surface area contributed by atoms with Gasteiger partial charge in [0.2, 0.25) is 5.91 Å². The van der Waals surface area contributed by atoms with Crippen molar-refractivity contribution in [3.05, 3.63) is 77.1 Å². The monoisotopic (exact) mass is 426 g/mol. The van der Waals surface area contributed by atoms with Crippen LogP contribution in [-0.4, -0.2) is 25.1 Å². The first-order chi connectivity index (χ1) is 14.6. The quantitative estimate of drug-likeness (QED) is 0.526. The number of hydrogen-bond donors (Lipinski definition) is 1. The molecule has 7 heteroatoms. The van der Waals surface area contributed by atoms with Crippen molar-refractivity contribution in [2.24, 2.45) is 0 Å². The van der Waals surface area contributed by atoms with Crippen molar-refractivity contribution < 1.29 is 19.0 Å². The van der Waals surface area contributed by atoms with E-state index in [1.807, 2.05) is 24.3 Å². The van der Waals surface area contributed by atoms with Crippen LogP contribution in [0.4, 0.5) is 5.69 Å². The average molecular weight is 427 g/mol. The molecule has 3 rings (SSSR count). The summed E-state index contributed by atoms with van der Waals surface area (Å²) in [6, 6.07) is 14.6. The number of rotatable bonds is 9. The van der Waals surface area contributed by atoms with Crippen molar-refractivity contribution in [3.8, 4) is 17.2 Å². The van der Waals surface area contributed by atoms with Crippen LogP contribution in [0.15, 0.2) is 60.9 Å². The van der Waals surface area contributed by atoms with Crippen LogP contribution in [0.25, 0.3) is 0 Å². The number of carbonyl (C=O) groups is 1. The van der Waals surface area contributed by atoms with E-state index in [2.05, 4.69) is 10.3 Å². The van der Waals surface area contributed by atoms with Gasteiger partial charge in [0.15, 0.2) is 11.5 Å². The summed E-state index contributed by atoms with van der Waals surface area (Å²) in [4.78, 5) is 16.5. The number of nitrogens with zero attached hydrogens (tertiary/aromatic N) is 1. The zero-order chi connectivity index (χ0) is 21.3. The van der Waals surface area contributed by atoms with Crippen molar-refractivity contribution in [2.75, 3.05) is 19.5 Å². The first kappa shape index (κ1) is 21.5. The second-order valence-corrected chi connectivity index (χ2v) is 6.94. The lowest BCUT2D eigenvalue weighted by atomic mass is 10.1. The van der Waals surface area contributed by atoms with Gasteiger partial charge in [0.05, 0.1) is 19.2 Å². The van der Waals surface area contributed by atoms with E-state index < -0.39 is 0 Å². The van der Waals surface area contributed by atoms with Gasteiger partial charge in [0.25, 0.3) is 0 Å². The molecule has 0 unspecified atom stereocenters. The Morgan fingerprint density at radius 1 is 1.00 bits per heavy atom. The van der Waals surface area contributed by atoms with E-state index in [0.29, 0.717) is 47.4 Å².